The third-order valence-corrected chi connectivity index (χ3v) is 2.70. The van der Waals surface area contributed by atoms with Crippen molar-refractivity contribution in [2.75, 3.05) is 7.11 Å². The fourth-order valence-corrected chi connectivity index (χ4v) is 1.42. The van der Waals surface area contributed by atoms with Crippen LogP contribution in [0.15, 0.2) is 16.7 Å². The third kappa shape index (κ3) is 3.85. The van der Waals surface area contributed by atoms with Crippen molar-refractivity contribution >= 4 is 5.97 Å². The van der Waals surface area contributed by atoms with Gasteiger partial charge in [-0.2, -0.15) is 11.4 Å². The number of esters is 1. The first kappa shape index (κ1) is 13.7. The fraction of sp³-hybridized carbons (Fsp3) is 0.545. The lowest BCUT2D eigenvalue weighted by Crippen LogP contribution is -2.33. The van der Waals surface area contributed by atoms with Crippen LogP contribution in [-0.2, 0) is 20.9 Å². The van der Waals surface area contributed by atoms with Crippen LogP contribution in [0.5, 0.6) is 0 Å². The molecule has 17 heavy (non-hydrogen) atoms. The van der Waals surface area contributed by atoms with Gasteiger partial charge in [0, 0.05) is 17.5 Å². The van der Waals surface area contributed by atoms with Gasteiger partial charge in [-0.15, -0.1) is 0 Å². The van der Waals surface area contributed by atoms with E-state index in [2.05, 4.69) is 15.2 Å². The number of ether oxygens (including phenoxy) is 1. The van der Waals surface area contributed by atoms with E-state index in [9.17, 15) is 4.79 Å². The molecule has 0 saturated heterocycles. The normalized spacial score (nSPS) is 14.4. The van der Waals surface area contributed by atoms with Crippen LogP contribution in [0.4, 0.5) is 0 Å². The summed E-state index contributed by atoms with van der Waals surface area (Å²) in [6.07, 6.45) is 1.76. The number of hydroxylamine groups is 1. The van der Waals surface area contributed by atoms with Crippen molar-refractivity contribution in [2.24, 2.45) is 5.90 Å². The van der Waals surface area contributed by atoms with E-state index in [1.165, 1.54) is 7.11 Å². The molecule has 6 nitrogen and oxygen atoms in total. The Morgan fingerprint density at radius 2 is 2.29 bits per heavy atom. The smallest absolute Gasteiger partial charge is 0.310 e. The molecule has 1 heterocycles. The molecule has 0 spiro atoms. The lowest BCUT2D eigenvalue weighted by molar-refractivity contribution is -0.139. The van der Waals surface area contributed by atoms with Gasteiger partial charge in [0.25, 0.3) is 0 Å². The second-order valence-corrected chi connectivity index (χ2v) is 3.92. The highest BCUT2D eigenvalue weighted by molar-refractivity contribution is 5.72. The molecule has 2 unspecified atom stereocenters. The Labute approximate surface area is 100.0 Å². The summed E-state index contributed by atoms with van der Waals surface area (Å²) < 4.78 is 9.98. The van der Waals surface area contributed by atoms with Gasteiger partial charge in [0.15, 0.2) is 0 Å². The predicted octanol–water partition coefficient (Wildman–Crippen LogP) is 0.882. The fourth-order valence-electron chi connectivity index (χ4n) is 1.42. The molecule has 0 bridgehead atoms. The van der Waals surface area contributed by atoms with Crippen molar-refractivity contribution in [2.45, 2.75) is 32.2 Å². The minimum atomic E-state index is -0.290. The predicted molar refractivity (Wildman–Crippen MR) is 60.7 cm³/mol. The largest absolute Gasteiger partial charge is 0.469 e. The van der Waals surface area contributed by atoms with Crippen LogP contribution in [0.1, 0.15) is 31.1 Å². The molecule has 3 N–H and O–H groups in total. The van der Waals surface area contributed by atoms with E-state index in [4.69, 9.17) is 10.3 Å². The number of methoxy groups -OCH3 is 1. The third-order valence-electron chi connectivity index (χ3n) is 2.70. The molecule has 6 heteroatoms. The molecule has 0 aliphatic rings. The Morgan fingerprint density at radius 1 is 1.59 bits per heavy atom. The lowest BCUT2D eigenvalue weighted by Gasteiger charge is -2.16. The summed E-state index contributed by atoms with van der Waals surface area (Å²) in [7, 11) is 1.36. The maximum absolute atomic E-state index is 11.1. The van der Waals surface area contributed by atoms with Crippen molar-refractivity contribution in [3.05, 3.63) is 23.7 Å². The SMILES string of the molecule is COC(=O)Cc1coc(C(C)C(C)NON)c1. The van der Waals surface area contributed by atoms with Crippen molar-refractivity contribution in [1.29, 1.82) is 0 Å². The lowest BCUT2D eigenvalue weighted by atomic mass is 10.0. The Morgan fingerprint density at radius 3 is 2.88 bits per heavy atom. The Hall–Kier alpha value is -1.37. The van der Waals surface area contributed by atoms with E-state index in [1.54, 1.807) is 6.26 Å². The first-order valence-electron chi connectivity index (χ1n) is 5.33. The number of carbonyl (C=O) groups excluding carboxylic acids is 1. The van der Waals surface area contributed by atoms with E-state index in [0.717, 1.165) is 11.3 Å². The summed E-state index contributed by atoms with van der Waals surface area (Å²) in [6, 6.07) is 1.83. The average molecular weight is 242 g/mol. The molecule has 96 valence electrons. The molecular weight excluding hydrogens is 224 g/mol. The summed E-state index contributed by atoms with van der Waals surface area (Å²) in [4.78, 5) is 15.5. The Bertz CT molecular complexity index is 364. The number of hydrogen-bond donors (Lipinski definition) is 2. The highest BCUT2D eigenvalue weighted by atomic mass is 16.8. The molecule has 0 radical (unpaired) electrons. The van der Waals surface area contributed by atoms with Gasteiger partial charge < -0.3 is 9.15 Å². The highest BCUT2D eigenvalue weighted by Gasteiger charge is 2.18. The van der Waals surface area contributed by atoms with Gasteiger partial charge >= 0.3 is 5.97 Å². The first-order chi connectivity index (χ1) is 8.08. The molecule has 0 aliphatic heterocycles. The number of carbonyl (C=O) groups is 1. The van der Waals surface area contributed by atoms with E-state index >= 15 is 0 Å². The van der Waals surface area contributed by atoms with Crippen molar-refractivity contribution < 1.29 is 18.9 Å². The summed E-state index contributed by atoms with van der Waals surface area (Å²) in [6.45, 7) is 3.89. The molecule has 0 aliphatic carbocycles. The number of rotatable bonds is 6. The number of nitrogens with one attached hydrogen (secondary N) is 1. The number of furan rings is 1. The van der Waals surface area contributed by atoms with Crippen LogP contribution in [0.2, 0.25) is 0 Å². The van der Waals surface area contributed by atoms with E-state index < -0.39 is 0 Å². The molecule has 0 fully saturated rings. The maximum atomic E-state index is 11.1. The van der Waals surface area contributed by atoms with Gasteiger partial charge in [0.1, 0.15) is 5.76 Å². The van der Waals surface area contributed by atoms with Crippen LogP contribution in [0.25, 0.3) is 0 Å². The van der Waals surface area contributed by atoms with Crippen LogP contribution in [0, 0.1) is 0 Å². The zero-order valence-electron chi connectivity index (χ0n) is 10.2. The van der Waals surface area contributed by atoms with Gasteiger partial charge in [0.05, 0.1) is 19.8 Å². The van der Waals surface area contributed by atoms with E-state index in [0.29, 0.717) is 0 Å². The van der Waals surface area contributed by atoms with Crippen LogP contribution >= 0.6 is 0 Å². The second-order valence-electron chi connectivity index (χ2n) is 3.92. The van der Waals surface area contributed by atoms with E-state index in [-0.39, 0.29) is 24.3 Å². The molecule has 0 aromatic carbocycles. The maximum Gasteiger partial charge on any atom is 0.310 e. The topological polar surface area (TPSA) is 86.7 Å². The van der Waals surface area contributed by atoms with Crippen LogP contribution in [0.3, 0.4) is 0 Å². The quantitative estimate of drug-likeness (QED) is 0.569. The number of nitrogens with two attached hydrogens (primary N) is 1. The average Bonchev–Trinajstić information content (AvgIpc) is 2.76. The van der Waals surface area contributed by atoms with Gasteiger partial charge in [-0.3, -0.25) is 4.79 Å². The number of hydrogen-bond acceptors (Lipinski definition) is 6. The monoisotopic (exact) mass is 242 g/mol. The van der Waals surface area contributed by atoms with Crippen molar-refractivity contribution in [3.63, 3.8) is 0 Å². The summed E-state index contributed by atoms with van der Waals surface area (Å²) in [5, 5.41) is 0. The van der Waals surface area contributed by atoms with Crippen molar-refractivity contribution in [3.8, 4) is 0 Å². The van der Waals surface area contributed by atoms with Crippen LogP contribution < -0.4 is 11.4 Å². The standard InChI is InChI=1S/C11H18N2O4/c1-7(8(2)13-17-12)10-4-9(6-16-10)5-11(14)15-3/h4,6-8,13H,5,12H2,1-3H3. The highest BCUT2D eigenvalue weighted by Crippen LogP contribution is 2.22. The molecule has 0 amide bonds. The molecule has 1 aromatic heterocycles. The summed E-state index contributed by atoms with van der Waals surface area (Å²) in [5.74, 6) is 5.48. The second kappa shape index (κ2) is 6.39. The van der Waals surface area contributed by atoms with Gasteiger partial charge in [0.2, 0.25) is 0 Å². The van der Waals surface area contributed by atoms with Gasteiger partial charge in [-0.25, -0.2) is 4.94 Å². The molecule has 1 rings (SSSR count). The van der Waals surface area contributed by atoms with Gasteiger partial charge in [-0.1, -0.05) is 6.92 Å². The minimum Gasteiger partial charge on any atom is -0.469 e. The Kier molecular flexibility index (Phi) is 5.14. The summed E-state index contributed by atoms with van der Waals surface area (Å²) in [5.41, 5.74) is 3.42. The molecular formula is C11H18N2O4. The molecule has 0 saturated carbocycles. The van der Waals surface area contributed by atoms with Crippen molar-refractivity contribution in [1.82, 2.24) is 5.48 Å². The Balaban J connectivity index is 2.63. The molecule has 2 atom stereocenters. The minimum absolute atomic E-state index is 0.00266. The zero-order valence-corrected chi connectivity index (χ0v) is 10.2. The van der Waals surface area contributed by atoms with E-state index in [1.807, 2.05) is 19.9 Å². The van der Waals surface area contributed by atoms with Gasteiger partial charge in [-0.05, 0) is 13.0 Å². The first-order valence-corrected chi connectivity index (χ1v) is 5.33. The molecule has 1 aromatic rings. The summed E-state index contributed by atoms with van der Waals surface area (Å²) >= 11 is 0. The van der Waals surface area contributed by atoms with Crippen LogP contribution in [-0.4, -0.2) is 19.1 Å². The zero-order chi connectivity index (χ0) is 12.8.